The first-order valence-corrected chi connectivity index (χ1v) is 18.4. The van der Waals surface area contributed by atoms with Crippen molar-refractivity contribution in [2.75, 3.05) is 13.2 Å². The van der Waals surface area contributed by atoms with E-state index < -0.39 is 45.9 Å². The topological polar surface area (TPSA) is 173 Å². The highest BCUT2D eigenvalue weighted by Gasteiger charge is 2.76. The van der Waals surface area contributed by atoms with Crippen LogP contribution in [0, 0.1) is 45.8 Å². The van der Waals surface area contributed by atoms with Crippen LogP contribution in [0.5, 0.6) is 0 Å². The molecule has 0 bridgehead atoms. The second-order valence-corrected chi connectivity index (χ2v) is 18.2. The molecule has 9 nitrogen and oxygen atoms in total. The molecule has 0 amide bonds. The number of carbonyl (C=O) groups excluding carboxylic acids is 1. The quantitative estimate of drug-likeness (QED) is 0.196. The highest BCUT2D eigenvalue weighted by atomic mass is 16.6. The number of carbonyl (C=O) groups is 1. The summed E-state index contributed by atoms with van der Waals surface area (Å²) in [7, 11) is 0. The number of hydrogen-bond acceptors (Lipinski definition) is 8. The third-order valence-corrected chi connectivity index (χ3v) is 15.9. The molecule has 7 aliphatic rings. The number of piperidine rings is 1. The number of ether oxygens (including phenoxy) is 1. The molecule has 5 aliphatic carbocycles. The van der Waals surface area contributed by atoms with Gasteiger partial charge < -0.3 is 35.6 Å². The van der Waals surface area contributed by atoms with Crippen molar-refractivity contribution in [2.24, 2.45) is 51.6 Å². The fourth-order valence-corrected chi connectivity index (χ4v) is 12.5. The van der Waals surface area contributed by atoms with Crippen molar-refractivity contribution in [3.05, 3.63) is 11.1 Å². The SMILES string of the molecule is CC(O)(C1OC1C(C)(O)C(C)(CO)CCC1CC[NH2+]C(N)C1)C1CC2CCC3=C4C(CCC1(C)C42O)C1(C)CCC(O)CC1C3=O. The Balaban J connectivity index is 1.15. The highest BCUT2D eigenvalue weighted by Crippen LogP contribution is 2.73. The lowest BCUT2D eigenvalue weighted by molar-refractivity contribution is -0.699. The predicted molar refractivity (Wildman–Crippen MR) is 172 cm³/mol. The second kappa shape index (κ2) is 10.8. The van der Waals surface area contributed by atoms with Gasteiger partial charge in [-0.1, -0.05) is 20.8 Å². The average molecular weight is 646 g/mol. The molecule has 0 spiro atoms. The van der Waals surface area contributed by atoms with Crippen molar-refractivity contribution in [1.29, 1.82) is 0 Å². The van der Waals surface area contributed by atoms with E-state index in [1.165, 1.54) is 0 Å². The minimum Gasteiger partial charge on any atom is -0.396 e. The van der Waals surface area contributed by atoms with E-state index in [9.17, 15) is 30.3 Å². The highest BCUT2D eigenvalue weighted by molar-refractivity contribution is 6.00. The van der Waals surface area contributed by atoms with Gasteiger partial charge in [0.2, 0.25) is 0 Å². The molecule has 15 unspecified atom stereocenters. The summed E-state index contributed by atoms with van der Waals surface area (Å²) in [5, 5.41) is 61.0. The molecule has 2 saturated heterocycles. The van der Waals surface area contributed by atoms with E-state index in [2.05, 4.69) is 19.2 Å². The summed E-state index contributed by atoms with van der Waals surface area (Å²) in [4.78, 5) is 14.1. The van der Waals surface area contributed by atoms with Crippen molar-refractivity contribution in [3.8, 4) is 0 Å². The van der Waals surface area contributed by atoms with Crippen molar-refractivity contribution in [2.45, 2.75) is 153 Å². The van der Waals surface area contributed by atoms with Gasteiger partial charge >= 0.3 is 0 Å². The monoisotopic (exact) mass is 645 g/mol. The molecule has 9 N–H and O–H groups in total. The van der Waals surface area contributed by atoms with E-state index in [1.807, 2.05) is 13.8 Å². The van der Waals surface area contributed by atoms with E-state index in [0.29, 0.717) is 44.4 Å². The van der Waals surface area contributed by atoms with Crippen LogP contribution in [-0.4, -0.2) is 85.7 Å². The molecule has 0 aromatic rings. The van der Waals surface area contributed by atoms with Gasteiger partial charge in [-0.15, -0.1) is 0 Å². The largest absolute Gasteiger partial charge is 0.396 e. The number of quaternary nitrogens is 1. The Bertz CT molecular complexity index is 1280. The third kappa shape index (κ3) is 4.44. The molecule has 9 heteroatoms. The molecule has 7 rings (SSSR count). The van der Waals surface area contributed by atoms with Crippen LogP contribution in [0.25, 0.3) is 0 Å². The van der Waals surface area contributed by atoms with Crippen LogP contribution in [0.1, 0.15) is 112 Å². The molecule has 3 saturated carbocycles. The van der Waals surface area contributed by atoms with Crippen LogP contribution >= 0.6 is 0 Å². The Labute approximate surface area is 274 Å². The van der Waals surface area contributed by atoms with Crippen molar-refractivity contribution in [1.82, 2.24) is 0 Å². The van der Waals surface area contributed by atoms with Gasteiger partial charge in [-0.05, 0) is 125 Å². The first-order valence-electron chi connectivity index (χ1n) is 18.4. The maximum absolute atomic E-state index is 14.1. The van der Waals surface area contributed by atoms with Crippen LogP contribution in [0.4, 0.5) is 0 Å². The Hall–Kier alpha value is -0.910. The zero-order valence-electron chi connectivity index (χ0n) is 28.8. The van der Waals surface area contributed by atoms with Crippen LogP contribution in [0.2, 0.25) is 0 Å². The van der Waals surface area contributed by atoms with Crippen LogP contribution < -0.4 is 11.1 Å². The number of nitrogens with two attached hydrogens (primary N) is 2. The van der Waals surface area contributed by atoms with E-state index >= 15 is 0 Å². The van der Waals surface area contributed by atoms with Crippen LogP contribution in [-0.2, 0) is 9.53 Å². The third-order valence-electron chi connectivity index (χ3n) is 15.9. The number of aliphatic hydroxyl groups excluding tert-OH is 2. The first-order chi connectivity index (χ1) is 21.5. The van der Waals surface area contributed by atoms with Gasteiger partial charge in [0.15, 0.2) is 5.78 Å². The summed E-state index contributed by atoms with van der Waals surface area (Å²) >= 11 is 0. The van der Waals surface area contributed by atoms with Gasteiger partial charge in [0.05, 0.1) is 36.1 Å². The number of ketones is 1. The number of fused-ring (bicyclic) bond motifs is 2. The maximum atomic E-state index is 14.1. The van der Waals surface area contributed by atoms with Gasteiger partial charge in [0.1, 0.15) is 18.4 Å². The molecular formula is C37H61N2O7+. The fourth-order valence-electron chi connectivity index (χ4n) is 12.5. The molecule has 0 aromatic heterocycles. The summed E-state index contributed by atoms with van der Waals surface area (Å²) in [6, 6.07) is 0. The van der Waals surface area contributed by atoms with Crippen molar-refractivity contribution >= 4 is 5.78 Å². The molecule has 0 aromatic carbocycles. The maximum Gasteiger partial charge on any atom is 0.162 e. The first kappa shape index (κ1) is 33.6. The normalized spacial score (nSPS) is 50.6. The standard InChI is InChI=1S/C37H60N2O7/c1-32(19-40,12-8-20-11-15-39-27(38)16-20)36(5,44)31-30(46-31)35(4,43)26-17-21-6-7-23-28-24(10-14-34(26,3)37(21,28)45)33(2)13-9-22(41)18-25(33)29(23)42/h20-22,24-27,30-31,39-41,43-45H,6-19,38H2,1-5H3/p+1. The zero-order valence-corrected chi connectivity index (χ0v) is 28.8. The summed E-state index contributed by atoms with van der Waals surface area (Å²) < 4.78 is 6.27. The summed E-state index contributed by atoms with van der Waals surface area (Å²) in [6.45, 7) is 10.7. The van der Waals surface area contributed by atoms with Gasteiger partial charge in [-0.3, -0.25) is 10.5 Å². The second-order valence-electron chi connectivity index (χ2n) is 18.2. The molecule has 0 radical (unpaired) electrons. The van der Waals surface area contributed by atoms with E-state index in [4.69, 9.17) is 10.5 Å². The number of epoxide rings is 1. The Morgan fingerprint density at radius 1 is 1.00 bits per heavy atom. The minimum atomic E-state index is -1.37. The Morgan fingerprint density at radius 3 is 2.43 bits per heavy atom. The molecule has 46 heavy (non-hydrogen) atoms. The summed E-state index contributed by atoms with van der Waals surface area (Å²) in [5.74, 6) is 0.161. The fraction of sp³-hybridized carbons (Fsp3) is 0.919. The van der Waals surface area contributed by atoms with Crippen molar-refractivity contribution in [3.63, 3.8) is 0 Å². The van der Waals surface area contributed by atoms with Gasteiger partial charge in [0, 0.05) is 23.2 Å². The number of hydrogen-bond donors (Lipinski definition) is 7. The molecule has 2 heterocycles. The Morgan fingerprint density at radius 2 is 1.74 bits per heavy atom. The van der Waals surface area contributed by atoms with E-state index in [0.717, 1.165) is 56.2 Å². The number of allylic oxidation sites excluding steroid dienone is 1. The number of rotatable bonds is 8. The summed E-state index contributed by atoms with van der Waals surface area (Å²) in [6.07, 6.45) is 7.48. The van der Waals surface area contributed by atoms with Gasteiger partial charge in [-0.2, -0.15) is 0 Å². The predicted octanol–water partition coefficient (Wildman–Crippen LogP) is 1.92. The van der Waals surface area contributed by atoms with Crippen LogP contribution in [0.15, 0.2) is 11.1 Å². The van der Waals surface area contributed by atoms with E-state index in [-0.39, 0.29) is 47.6 Å². The molecule has 15 atom stereocenters. The molecule has 260 valence electrons. The molecular weight excluding hydrogens is 584 g/mol. The zero-order chi connectivity index (χ0) is 33.2. The van der Waals surface area contributed by atoms with Gasteiger partial charge in [0.25, 0.3) is 0 Å². The smallest absolute Gasteiger partial charge is 0.162 e. The number of aliphatic hydroxyl groups is 5. The van der Waals surface area contributed by atoms with Crippen molar-refractivity contribution < 1.29 is 40.4 Å². The van der Waals surface area contributed by atoms with E-state index in [1.54, 1.807) is 6.92 Å². The van der Waals surface area contributed by atoms with Crippen LogP contribution in [0.3, 0.4) is 0 Å². The van der Waals surface area contributed by atoms with Gasteiger partial charge in [-0.25, -0.2) is 0 Å². The number of Topliss-reactive ketones (excluding diaryl/α,β-unsaturated/α-hetero) is 1. The lowest BCUT2D eigenvalue weighted by Crippen LogP contribution is -2.94. The average Bonchev–Trinajstić information content (AvgIpc) is 3.79. The minimum absolute atomic E-state index is 0.0582. The lowest BCUT2D eigenvalue weighted by Gasteiger charge is -2.63. The molecule has 2 aliphatic heterocycles. The lowest BCUT2D eigenvalue weighted by atomic mass is 9.42. The Kier molecular flexibility index (Phi) is 7.88. The molecule has 5 fully saturated rings. The summed E-state index contributed by atoms with van der Waals surface area (Å²) in [5.41, 5.74) is 2.34.